The van der Waals surface area contributed by atoms with E-state index in [1.807, 2.05) is 13.8 Å². The van der Waals surface area contributed by atoms with Gasteiger partial charge >= 0.3 is 0 Å². The van der Waals surface area contributed by atoms with E-state index < -0.39 is 17.5 Å². The van der Waals surface area contributed by atoms with Crippen LogP contribution in [0.4, 0.5) is 14.6 Å². The number of hydrogen-bond acceptors (Lipinski definition) is 2. The first kappa shape index (κ1) is 14.2. The molecular formula is C14H15F2N3O. The molecule has 0 fully saturated rings. The first-order valence-corrected chi connectivity index (χ1v) is 6.32. The molecule has 4 nitrogen and oxygen atoms in total. The van der Waals surface area contributed by atoms with Crippen LogP contribution in [-0.2, 0) is 0 Å². The van der Waals surface area contributed by atoms with Gasteiger partial charge in [0.15, 0.2) is 0 Å². The van der Waals surface area contributed by atoms with Crippen molar-refractivity contribution < 1.29 is 13.6 Å². The highest BCUT2D eigenvalue weighted by atomic mass is 19.1. The van der Waals surface area contributed by atoms with Gasteiger partial charge in [-0.1, -0.05) is 6.92 Å². The van der Waals surface area contributed by atoms with Gasteiger partial charge in [-0.25, -0.2) is 13.5 Å². The van der Waals surface area contributed by atoms with Gasteiger partial charge in [0.1, 0.15) is 17.5 Å². The lowest BCUT2D eigenvalue weighted by Crippen LogP contribution is -2.18. The van der Waals surface area contributed by atoms with Crippen LogP contribution in [0.5, 0.6) is 0 Å². The number of carbonyl (C=O) groups excluding carboxylic acids is 1. The third-order valence-electron chi connectivity index (χ3n) is 3.09. The minimum atomic E-state index is -0.765. The summed E-state index contributed by atoms with van der Waals surface area (Å²) in [6, 6.07) is 4.47. The number of benzene rings is 1. The Morgan fingerprint density at radius 2 is 2.15 bits per heavy atom. The number of nitrogens with zero attached hydrogens (tertiary/aromatic N) is 2. The summed E-state index contributed by atoms with van der Waals surface area (Å²) in [5.41, 5.74) is -0.332. The molecular weight excluding hydrogens is 264 g/mol. The van der Waals surface area contributed by atoms with E-state index in [9.17, 15) is 13.6 Å². The second-order valence-electron chi connectivity index (χ2n) is 4.50. The van der Waals surface area contributed by atoms with E-state index in [1.54, 1.807) is 16.9 Å². The summed E-state index contributed by atoms with van der Waals surface area (Å²) in [5.74, 6) is -1.68. The van der Waals surface area contributed by atoms with E-state index in [-0.39, 0.29) is 11.6 Å². The standard InChI is InChI=1S/C14H15F2N3O/c1-3-9(2)19-13(6-7-17-19)18-14(20)11-8-10(15)4-5-12(11)16/h4-9H,3H2,1-2H3,(H,18,20). The number of amides is 1. The number of nitrogens with one attached hydrogen (secondary N) is 1. The molecule has 2 aromatic rings. The number of anilines is 1. The van der Waals surface area contributed by atoms with Crippen LogP contribution in [-0.4, -0.2) is 15.7 Å². The average molecular weight is 279 g/mol. The fourth-order valence-electron chi connectivity index (χ4n) is 1.79. The molecule has 0 saturated heterocycles. The van der Waals surface area contributed by atoms with Crippen molar-refractivity contribution in [2.45, 2.75) is 26.3 Å². The van der Waals surface area contributed by atoms with Crippen LogP contribution in [0.2, 0.25) is 0 Å². The maximum atomic E-state index is 13.5. The highest BCUT2D eigenvalue weighted by molar-refractivity contribution is 6.04. The third kappa shape index (κ3) is 2.84. The molecule has 1 unspecified atom stereocenters. The van der Waals surface area contributed by atoms with Crippen molar-refractivity contribution in [3.05, 3.63) is 47.7 Å². The lowest BCUT2D eigenvalue weighted by molar-refractivity contribution is 0.102. The van der Waals surface area contributed by atoms with Gasteiger partial charge in [-0.2, -0.15) is 5.10 Å². The van der Waals surface area contributed by atoms with Crippen molar-refractivity contribution in [3.63, 3.8) is 0 Å². The zero-order chi connectivity index (χ0) is 14.7. The van der Waals surface area contributed by atoms with Gasteiger partial charge in [0, 0.05) is 6.07 Å². The summed E-state index contributed by atoms with van der Waals surface area (Å²) < 4.78 is 28.2. The smallest absolute Gasteiger partial charge is 0.259 e. The van der Waals surface area contributed by atoms with Gasteiger partial charge in [-0.05, 0) is 31.5 Å². The average Bonchev–Trinajstić information content (AvgIpc) is 2.88. The molecule has 1 aromatic carbocycles. The van der Waals surface area contributed by atoms with Crippen LogP contribution < -0.4 is 5.32 Å². The van der Waals surface area contributed by atoms with E-state index in [0.29, 0.717) is 5.82 Å². The van der Waals surface area contributed by atoms with Gasteiger partial charge < -0.3 is 5.32 Å². The molecule has 20 heavy (non-hydrogen) atoms. The largest absolute Gasteiger partial charge is 0.307 e. The van der Waals surface area contributed by atoms with Crippen molar-refractivity contribution in [1.29, 1.82) is 0 Å². The van der Waals surface area contributed by atoms with Crippen LogP contribution >= 0.6 is 0 Å². The number of hydrogen-bond donors (Lipinski definition) is 1. The Hall–Kier alpha value is -2.24. The number of aromatic nitrogens is 2. The molecule has 106 valence electrons. The van der Waals surface area contributed by atoms with Crippen LogP contribution in [0.1, 0.15) is 36.7 Å². The second-order valence-corrected chi connectivity index (χ2v) is 4.50. The molecule has 0 aliphatic heterocycles. The summed E-state index contributed by atoms with van der Waals surface area (Å²) in [7, 11) is 0. The molecule has 0 bridgehead atoms. The summed E-state index contributed by atoms with van der Waals surface area (Å²) in [4.78, 5) is 12.0. The Morgan fingerprint density at radius 1 is 1.40 bits per heavy atom. The molecule has 0 radical (unpaired) electrons. The Kier molecular flexibility index (Phi) is 4.12. The van der Waals surface area contributed by atoms with E-state index in [2.05, 4.69) is 10.4 Å². The minimum Gasteiger partial charge on any atom is -0.307 e. The lowest BCUT2D eigenvalue weighted by Gasteiger charge is -2.14. The molecule has 1 heterocycles. The molecule has 0 aliphatic rings. The zero-order valence-electron chi connectivity index (χ0n) is 11.2. The molecule has 0 aliphatic carbocycles. The van der Waals surface area contributed by atoms with Crippen molar-refractivity contribution in [1.82, 2.24) is 9.78 Å². The minimum absolute atomic E-state index is 0.0951. The Bertz CT molecular complexity index is 625. The predicted molar refractivity (Wildman–Crippen MR) is 71.5 cm³/mol. The molecule has 6 heteroatoms. The molecule has 0 spiro atoms. The maximum Gasteiger partial charge on any atom is 0.259 e. The fraction of sp³-hybridized carbons (Fsp3) is 0.286. The summed E-state index contributed by atoms with van der Waals surface area (Å²) in [6.45, 7) is 3.94. The van der Waals surface area contributed by atoms with E-state index in [4.69, 9.17) is 0 Å². The quantitative estimate of drug-likeness (QED) is 0.932. The van der Waals surface area contributed by atoms with Gasteiger partial charge in [0.25, 0.3) is 5.91 Å². The topological polar surface area (TPSA) is 46.9 Å². The molecule has 2 rings (SSSR count). The van der Waals surface area contributed by atoms with Crippen LogP contribution in [0.25, 0.3) is 0 Å². The van der Waals surface area contributed by atoms with Gasteiger partial charge in [-0.15, -0.1) is 0 Å². The Labute approximate surface area is 115 Å². The lowest BCUT2D eigenvalue weighted by atomic mass is 10.2. The number of rotatable bonds is 4. The van der Waals surface area contributed by atoms with Gasteiger partial charge in [0.05, 0.1) is 17.8 Å². The van der Waals surface area contributed by atoms with E-state index >= 15 is 0 Å². The molecule has 1 N–H and O–H groups in total. The first-order valence-electron chi connectivity index (χ1n) is 6.32. The van der Waals surface area contributed by atoms with Crippen molar-refractivity contribution in [2.75, 3.05) is 5.32 Å². The van der Waals surface area contributed by atoms with Gasteiger partial charge in [-0.3, -0.25) is 4.79 Å². The van der Waals surface area contributed by atoms with Crippen molar-refractivity contribution in [3.8, 4) is 0 Å². The number of carbonyl (C=O) groups is 1. The van der Waals surface area contributed by atoms with Crippen molar-refractivity contribution >= 4 is 11.7 Å². The number of halogens is 2. The molecule has 1 aromatic heterocycles. The van der Waals surface area contributed by atoms with Crippen LogP contribution in [0, 0.1) is 11.6 Å². The first-order chi connectivity index (χ1) is 9.52. The van der Waals surface area contributed by atoms with Crippen molar-refractivity contribution in [2.24, 2.45) is 0 Å². The summed E-state index contributed by atoms with van der Waals surface area (Å²) in [6.07, 6.45) is 2.38. The Balaban J connectivity index is 2.24. The summed E-state index contributed by atoms with van der Waals surface area (Å²) >= 11 is 0. The molecule has 1 amide bonds. The van der Waals surface area contributed by atoms with E-state index in [1.165, 1.54) is 0 Å². The zero-order valence-corrected chi connectivity index (χ0v) is 11.2. The fourth-order valence-corrected chi connectivity index (χ4v) is 1.79. The van der Waals surface area contributed by atoms with E-state index in [0.717, 1.165) is 24.6 Å². The molecule has 1 atom stereocenters. The maximum absolute atomic E-state index is 13.5. The normalized spacial score (nSPS) is 12.2. The molecule has 0 saturated carbocycles. The monoisotopic (exact) mass is 279 g/mol. The Morgan fingerprint density at radius 3 is 2.85 bits per heavy atom. The highest BCUT2D eigenvalue weighted by Crippen LogP contribution is 2.18. The SMILES string of the molecule is CCC(C)n1nccc1NC(=O)c1cc(F)ccc1F. The highest BCUT2D eigenvalue weighted by Gasteiger charge is 2.16. The summed E-state index contributed by atoms with van der Waals surface area (Å²) in [5, 5.41) is 6.65. The third-order valence-corrected chi connectivity index (χ3v) is 3.09. The van der Waals surface area contributed by atoms with Crippen LogP contribution in [0.3, 0.4) is 0 Å². The van der Waals surface area contributed by atoms with Gasteiger partial charge in [0.2, 0.25) is 0 Å². The predicted octanol–water partition coefficient (Wildman–Crippen LogP) is 3.38. The van der Waals surface area contributed by atoms with Crippen LogP contribution in [0.15, 0.2) is 30.5 Å². The second kappa shape index (κ2) is 5.81.